The van der Waals surface area contributed by atoms with E-state index in [9.17, 15) is 14.5 Å². The van der Waals surface area contributed by atoms with Crippen molar-refractivity contribution in [3.8, 4) is 5.75 Å². The lowest BCUT2D eigenvalue weighted by Gasteiger charge is -2.13. The highest BCUT2D eigenvalue weighted by Gasteiger charge is 2.10. The molecule has 0 bridgehead atoms. The van der Waals surface area contributed by atoms with Crippen LogP contribution in [0.25, 0.3) is 0 Å². The molecule has 3 rings (SSSR count). The lowest BCUT2D eigenvalue weighted by atomic mass is 10.2. The number of benzene rings is 3. The maximum atomic E-state index is 13.0. The minimum Gasteiger partial charge on any atom is -0.487 e. The number of rotatable bonds is 7. The summed E-state index contributed by atoms with van der Waals surface area (Å²) >= 11 is 7.03. The van der Waals surface area contributed by atoms with Crippen molar-refractivity contribution < 1.29 is 14.1 Å². The highest BCUT2D eigenvalue weighted by atomic mass is 79.9. The van der Waals surface area contributed by atoms with Gasteiger partial charge in [-0.05, 0) is 79.4 Å². The number of hydrogen-bond acceptors (Lipinski definition) is 4. The summed E-state index contributed by atoms with van der Waals surface area (Å²) in [6, 6.07) is 16.3. The smallest absolute Gasteiger partial charge is 0.269 e. The van der Waals surface area contributed by atoms with E-state index in [2.05, 4.69) is 37.2 Å². The summed E-state index contributed by atoms with van der Waals surface area (Å²) in [4.78, 5) is 10.3. The second-order valence-corrected chi connectivity index (χ2v) is 7.67. The topological polar surface area (TPSA) is 64.4 Å². The molecule has 0 fully saturated rings. The molecule has 1 N–H and O–H groups in total. The summed E-state index contributed by atoms with van der Waals surface area (Å²) in [6.07, 6.45) is 0. The van der Waals surface area contributed by atoms with Gasteiger partial charge < -0.3 is 10.1 Å². The maximum Gasteiger partial charge on any atom is 0.269 e. The number of halogens is 3. The lowest BCUT2D eigenvalue weighted by molar-refractivity contribution is -0.384. The highest BCUT2D eigenvalue weighted by Crippen LogP contribution is 2.35. The van der Waals surface area contributed by atoms with Crippen LogP contribution in [0.2, 0.25) is 0 Å². The van der Waals surface area contributed by atoms with Crippen molar-refractivity contribution in [3.63, 3.8) is 0 Å². The van der Waals surface area contributed by atoms with E-state index in [1.54, 1.807) is 24.3 Å². The second kappa shape index (κ2) is 9.16. The van der Waals surface area contributed by atoms with Crippen LogP contribution < -0.4 is 10.1 Å². The minimum absolute atomic E-state index is 0.0543. The Balaban J connectivity index is 1.64. The number of nitro groups is 1. The molecular weight excluding hydrogens is 495 g/mol. The number of nitro benzene ring substituents is 1. The van der Waals surface area contributed by atoms with Gasteiger partial charge in [0.2, 0.25) is 0 Å². The molecule has 0 aliphatic rings. The van der Waals surface area contributed by atoms with Gasteiger partial charge in [-0.2, -0.15) is 0 Å². The molecule has 0 spiro atoms. The van der Waals surface area contributed by atoms with Crippen LogP contribution in [0, 0.1) is 15.9 Å². The standard InChI is InChI=1S/C20H15Br2FN2O3/c21-18-9-14(11-24-16-5-7-17(8-6-16)25(26)27)10-19(22)20(18)28-12-13-1-3-15(23)4-2-13/h1-10,24H,11-12H2. The zero-order chi connectivity index (χ0) is 20.1. The summed E-state index contributed by atoms with van der Waals surface area (Å²) in [5, 5.41) is 13.9. The average molecular weight is 510 g/mol. The first kappa shape index (κ1) is 20.3. The third-order valence-corrected chi connectivity index (χ3v) is 5.11. The van der Waals surface area contributed by atoms with E-state index in [-0.39, 0.29) is 11.5 Å². The molecule has 0 atom stereocenters. The van der Waals surface area contributed by atoms with Crippen LogP contribution in [0.4, 0.5) is 15.8 Å². The van der Waals surface area contributed by atoms with Gasteiger partial charge in [-0.1, -0.05) is 12.1 Å². The van der Waals surface area contributed by atoms with Crippen molar-refractivity contribution in [2.75, 3.05) is 5.32 Å². The average Bonchev–Trinajstić information content (AvgIpc) is 2.67. The van der Waals surface area contributed by atoms with Crippen LogP contribution in [-0.2, 0) is 13.2 Å². The van der Waals surface area contributed by atoms with Gasteiger partial charge in [0.05, 0.1) is 13.9 Å². The van der Waals surface area contributed by atoms with Crippen molar-refractivity contribution >= 4 is 43.2 Å². The monoisotopic (exact) mass is 508 g/mol. The molecule has 28 heavy (non-hydrogen) atoms. The Kier molecular flexibility index (Phi) is 6.64. The molecule has 0 aliphatic heterocycles. The van der Waals surface area contributed by atoms with Gasteiger partial charge in [0.15, 0.2) is 0 Å². The summed E-state index contributed by atoms with van der Waals surface area (Å²) < 4.78 is 20.4. The number of hydrogen-bond donors (Lipinski definition) is 1. The number of anilines is 1. The summed E-state index contributed by atoms with van der Waals surface area (Å²) in [5.41, 5.74) is 2.70. The van der Waals surface area contributed by atoms with Crippen LogP contribution in [0.15, 0.2) is 69.6 Å². The molecule has 3 aromatic carbocycles. The first-order valence-corrected chi connectivity index (χ1v) is 9.84. The molecule has 0 unspecified atom stereocenters. The number of ether oxygens (including phenoxy) is 1. The third kappa shape index (κ3) is 5.30. The first-order valence-electron chi connectivity index (χ1n) is 8.26. The van der Waals surface area contributed by atoms with E-state index in [1.807, 2.05) is 12.1 Å². The summed E-state index contributed by atoms with van der Waals surface area (Å²) in [7, 11) is 0. The van der Waals surface area contributed by atoms with Crippen LogP contribution in [0.1, 0.15) is 11.1 Å². The van der Waals surface area contributed by atoms with Crippen molar-refractivity contribution in [2.24, 2.45) is 0 Å². The zero-order valence-electron chi connectivity index (χ0n) is 14.5. The Labute approximate surface area is 177 Å². The van der Waals surface area contributed by atoms with E-state index < -0.39 is 4.92 Å². The Hall–Kier alpha value is -2.45. The Morgan fingerprint density at radius 3 is 2.14 bits per heavy atom. The minimum atomic E-state index is -0.428. The van der Waals surface area contributed by atoms with E-state index >= 15 is 0 Å². The molecule has 5 nitrogen and oxygen atoms in total. The largest absolute Gasteiger partial charge is 0.487 e. The van der Waals surface area contributed by atoms with E-state index in [4.69, 9.17) is 4.74 Å². The molecule has 0 amide bonds. The predicted molar refractivity (Wildman–Crippen MR) is 113 cm³/mol. The molecule has 0 saturated heterocycles. The maximum absolute atomic E-state index is 13.0. The Morgan fingerprint density at radius 1 is 0.964 bits per heavy atom. The summed E-state index contributed by atoms with van der Waals surface area (Å²) in [6.45, 7) is 0.852. The molecule has 0 radical (unpaired) electrons. The van der Waals surface area contributed by atoms with Crippen LogP contribution in [0.5, 0.6) is 5.75 Å². The van der Waals surface area contributed by atoms with Gasteiger partial charge in [0.1, 0.15) is 18.2 Å². The van der Waals surface area contributed by atoms with Gasteiger partial charge >= 0.3 is 0 Å². The van der Waals surface area contributed by atoms with E-state index in [0.717, 1.165) is 25.8 Å². The fourth-order valence-corrected chi connectivity index (χ4v) is 4.00. The first-order chi connectivity index (χ1) is 13.4. The molecule has 8 heteroatoms. The zero-order valence-corrected chi connectivity index (χ0v) is 17.7. The SMILES string of the molecule is O=[N+]([O-])c1ccc(NCc2cc(Br)c(OCc3ccc(F)cc3)c(Br)c2)cc1. The fraction of sp³-hybridized carbons (Fsp3) is 0.100. The quantitative estimate of drug-likeness (QED) is 0.293. The molecule has 0 aliphatic carbocycles. The van der Waals surface area contributed by atoms with Gasteiger partial charge in [-0.25, -0.2) is 4.39 Å². The van der Waals surface area contributed by atoms with E-state index in [1.165, 1.54) is 24.3 Å². The fourth-order valence-electron chi connectivity index (χ4n) is 2.49. The lowest BCUT2D eigenvalue weighted by Crippen LogP contribution is -2.02. The van der Waals surface area contributed by atoms with Gasteiger partial charge in [-0.3, -0.25) is 10.1 Å². The highest BCUT2D eigenvalue weighted by molar-refractivity contribution is 9.11. The summed E-state index contributed by atoms with van der Waals surface area (Å²) in [5.74, 6) is 0.374. The molecule has 0 aromatic heterocycles. The van der Waals surface area contributed by atoms with Crippen molar-refractivity contribution in [1.82, 2.24) is 0 Å². The number of nitrogens with zero attached hydrogens (tertiary/aromatic N) is 1. The molecule has 3 aromatic rings. The molecule has 0 heterocycles. The Bertz CT molecular complexity index is 957. The van der Waals surface area contributed by atoms with Gasteiger partial charge in [0, 0.05) is 24.4 Å². The van der Waals surface area contributed by atoms with Gasteiger partial charge in [-0.15, -0.1) is 0 Å². The normalized spacial score (nSPS) is 10.5. The Morgan fingerprint density at radius 2 is 1.57 bits per heavy atom. The van der Waals surface area contributed by atoms with Crippen molar-refractivity contribution in [1.29, 1.82) is 0 Å². The van der Waals surface area contributed by atoms with E-state index in [0.29, 0.717) is 18.9 Å². The van der Waals surface area contributed by atoms with Crippen molar-refractivity contribution in [2.45, 2.75) is 13.2 Å². The third-order valence-electron chi connectivity index (χ3n) is 3.93. The number of nitrogens with one attached hydrogen (secondary N) is 1. The molecular formula is C20H15Br2FN2O3. The number of non-ortho nitro benzene ring substituents is 1. The predicted octanol–water partition coefficient (Wildman–Crippen LogP) is 6.45. The second-order valence-electron chi connectivity index (χ2n) is 5.96. The van der Waals surface area contributed by atoms with Crippen LogP contribution >= 0.6 is 31.9 Å². The molecule has 144 valence electrons. The molecule has 0 saturated carbocycles. The van der Waals surface area contributed by atoms with Crippen molar-refractivity contribution in [3.05, 3.63) is 96.7 Å². The van der Waals surface area contributed by atoms with Crippen LogP contribution in [0.3, 0.4) is 0 Å². The van der Waals surface area contributed by atoms with Gasteiger partial charge in [0.25, 0.3) is 5.69 Å². The van der Waals surface area contributed by atoms with Crippen LogP contribution in [-0.4, -0.2) is 4.92 Å².